The van der Waals surface area contributed by atoms with Crippen molar-refractivity contribution in [3.05, 3.63) is 250 Å². The molecule has 0 spiro atoms. The molecule has 0 radical (unpaired) electrons. The number of thiazole rings is 1. The summed E-state index contributed by atoms with van der Waals surface area (Å²) >= 11 is 1.34. The molecule has 6 aromatic heterocycles. The van der Waals surface area contributed by atoms with E-state index in [1.807, 2.05) is 73.2 Å². The van der Waals surface area contributed by atoms with Crippen LogP contribution < -0.4 is 16.0 Å². The SMILES string of the molecule is Cc1ccc(Cn2cc(NC(=O)c3cncs3)c3ccccc32)cc1.Cc1ccc(Cn2cc(NC(=O)c3conc3C)c3ccccc32)cc1.Cc1ccc(Cn2cc(NC(=O)c3ocnc3C)c3ccccc32)cc1. The summed E-state index contributed by atoms with van der Waals surface area (Å²) in [6.45, 7) is 12.0. The lowest BCUT2D eigenvalue weighted by atomic mass is 10.1. The summed E-state index contributed by atoms with van der Waals surface area (Å²) in [5.74, 6) is -0.402. The number of para-hydroxylation sites is 3. The molecule has 0 saturated carbocycles. The fourth-order valence-electron chi connectivity index (χ4n) is 9.01. The monoisotopic (exact) mass is 1040 g/mol. The quantitative estimate of drug-likeness (QED) is 0.109. The van der Waals surface area contributed by atoms with E-state index in [9.17, 15) is 14.4 Å². The van der Waals surface area contributed by atoms with Crippen LogP contribution in [0.25, 0.3) is 32.7 Å². The van der Waals surface area contributed by atoms with Gasteiger partial charge in [0.05, 0.1) is 56.7 Å². The van der Waals surface area contributed by atoms with Crippen LogP contribution in [0.4, 0.5) is 17.1 Å². The lowest BCUT2D eigenvalue weighted by molar-refractivity contribution is 0.0993. The van der Waals surface area contributed by atoms with E-state index in [4.69, 9.17) is 8.94 Å². The van der Waals surface area contributed by atoms with Gasteiger partial charge in [0.25, 0.3) is 17.7 Å². The van der Waals surface area contributed by atoms with Crippen LogP contribution in [0.15, 0.2) is 197 Å². The number of anilines is 3. The lowest BCUT2D eigenvalue weighted by Crippen LogP contribution is -2.12. The standard InChI is InChI=1S/2C21H19N3O2.C20H17N3OS/c1-14-7-9-16(10-8-14)11-24-12-19(17-5-3-4-6-20(17)24)22-21(25)18-13-26-23-15(18)2;1-14-7-9-16(10-8-14)11-24-12-18(17-5-3-4-6-19(17)24)23-21(25)20-15(2)22-13-26-20;1-14-6-8-15(9-7-14)11-23-12-17(16-4-2-3-5-18(16)23)22-20(24)19-10-21-13-25-19/h3-10,12-13H,11H2,1-2H3,(H,22,25);3-10,12-13H,11H2,1-2H3,(H,23,25);2-10,12-13H,11H2,1H3,(H,22,24). The third-order valence-corrected chi connectivity index (χ3v) is 13.9. The number of fused-ring (bicyclic) bond motifs is 3. The Hall–Kier alpha value is -9.60. The van der Waals surface area contributed by atoms with Crippen LogP contribution in [0.5, 0.6) is 0 Å². The van der Waals surface area contributed by atoms with E-state index in [1.54, 1.807) is 25.6 Å². The van der Waals surface area contributed by atoms with Crippen molar-refractivity contribution in [2.45, 2.75) is 54.3 Å². The number of rotatable bonds is 12. The fourth-order valence-corrected chi connectivity index (χ4v) is 9.53. The van der Waals surface area contributed by atoms with Crippen molar-refractivity contribution in [3.63, 3.8) is 0 Å². The Kier molecular flexibility index (Phi) is 15.1. The molecule has 77 heavy (non-hydrogen) atoms. The Labute approximate surface area is 448 Å². The average molecular weight is 1040 g/mol. The predicted octanol–water partition coefficient (Wildman–Crippen LogP) is 13.8. The number of benzene rings is 6. The molecular weight excluding hydrogens is 983 g/mol. The van der Waals surface area contributed by atoms with Crippen molar-refractivity contribution in [2.24, 2.45) is 0 Å². The van der Waals surface area contributed by atoms with E-state index >= 15 is 0 Å². The average Bonchev–Trinajstić information content (AvgIpc) is 4.40. The molecule has 6 aromatic carbocycles. The first kappa shape index (κ1) is 50.9. The largest absolute Gasteiger partial charge is 0.438 e. The van der Waals surface area contributed by atoms with Gasteiger partial charge in [-0.15, -0.1) is 11.3 Å². The van der Waals surface area contributed by atoms with Crippen molar-refractivity contribution in [3.8, 4) is 0 Å². The molecular formula is C62H55N9O5S. The highest BCUT2D eigenvalue weighted by atomic mass is 32.1. The highest BCUT2D eigenvalue weighted by Gasteiger charge is 2.19. The van der Waals surface area contributed by atoms with Crippen LogP contribution in [-0.2, 0) is 19.6 Å². The van der Waals surface area contributed by atoms with Gasteiger partial charge in [-0.2, -0.15) is 0 Å². The summed E-state index contributed by atoms with van der Waals surface area (Å²) in [6, 6.07) is 49.6. The van der Waals surface area contributed by atoms with Gasteiger partial charge in [0.15, 0.2) is 6.39 Å². The number of nitrogens with one attached hydrogen (secondary N) is 3. The lowest BCUT2D eigenvalue weighted by Gasteiger charge is -2.05. The Bertz CT molecular complexity index is 3820. The minimum absolute atomic E-state index is 0.124. The highest BCUT2D eigenvalue weighted by molar-refractivity contribution is 7.11. The topological polar surface area (TPSA) is 167 Å². The van der Waals surface area contributed by atoms with Gasteiger partial charge in [-0.25, -0.2) is 4.98 Å². The van der Waals surface area contributed by atoms with Gasteiger partial charge >= 0.3 is 0 Å². The second kappa shape index (κ2) is 22.9. The maximum Gasteiger partial charge on any atom is 0.293 e. The summed E-state index contributed by atoms with van der Waals surface area (Å²) in [5, 5.41) is 15.7. The highest BCUT2D eigenvalue weighted by Crippen LogP contribution is 2.31. The molecule has 15 heteroatoms. The minimum Gasteiger partial charge on any atom is -0.438 e. The van der Waals surface area contributed by atoms with Crippen molar-refractivity contribution in [2.75, 3.05) is 16.0 Å². The molecule has 14 nitrogen and oxygen atoms in total. The summed E-state index contributed by atoms with van der Waals surface area (Å²) < 4.78 is 16.5. The normalized spacial score (nSPS) is 11.0. The van der Waals surface area contributed by atoms with Gasteiger partial charge in [0.2, 0.25) is 5.76 Å². The van der Waals surface area contributed by atoms with Gasteiger partial charge < -0.3 is 38.6 Å². The number of hydrogen-bond acceptors (Lipinski definition) is 9. The molecule has 3 N–H and O–H groups in total. The molecule has 0 bridgehead atoms. The van der Waals surface area contributed by atoms with Gasteiger partial charge in [-0.3, -0.25) is 19.4 Å². The number of aromatic nitrogens is 6. The molecule has 0 unspecified atom stereocenters. The van der Waals surface area contributed by atoms with Crippen LogP contribution in [0, 0.1) is 34.6 Å². The second-order valence-corrected chi connectivity index (χ2v) is 19.7. The van der Waals surface area contributed by atoms with Crippen LogP contribution in [0.3, 0.4) is 0 Å². The number of aryl methyl sites for hydroxylation is 5. The molecule has 0 aliphatic carbocycles. The predicted molar refractivity (Wildman–Crippen MR) is 305 cm³/mol. The number of hydrogen-bond donors (Lipinski definition) is 3. The Morgan fingerprint density at radius 3 is 1.30 bits per heavy atom. The maximum atomic E-state index is 12.5. The van der Waals surface area contributed by atoms with Gasteiger partial charge in [-0.1, -0.05) is 149 Å². The maximum absolute atomic E-state index is 12.5. The van der Waals surface area contributed by atoms with E-state index < -0.39 is 0 Å². The van der Waals surface area contributed by atoms with Crippen LogP contribution in [-0.4, -0.2) is 46.5 Å². The third-order valence-electron chi connectivity index (χ3n) is 13.1. The second-order valence-electron chi connectivity index (χ2n) is 18.8. The number of nitrogens with zero attached hydrogens (tertiary/aromatic N) is 6. The number of oxazole rings is 1. The summed E-state index contributed by atoms with van der Waals surface area (Å²) in [4.78, 5) is 45.9. The van der Waals surface area contributed by atoms with E-state index in [1.165, 1.54) is 57.4 Å². The van der Waals surface area contributed by atoms with Gasteiger partial charge in [-0.05, 0) is 69.5 Å². The number of carbonyl (C=O) groups is 3. The Morgan fingerprint density at radius 2 is 0.922 bits per heavy atom. The summed E-state index contributed by atoms with van der Waals surface area (Å²) in [6.07, 6.45) is 10.2. The molecule has 6 heterocycles. The van der Waals surface area contributed by atoms with E-state index in [0.29, 0.717) is 21.8 Å². The molecule has 12 rings (SSSR count). The van der Waals surface area contributed by atoms with Gasteiger partial charge in [0.1, 0.15) is 16.7 Å². The summed E-state index contributed by atoms with van der Waals surface area (Å²) in [7, 11) is 0. The zero-order chi connectivity index (χ0) is 53.4. The minimum atomic E-state index is -0.293. The van der Waals surface area contributed by atoms with E-state index in [0.717, 1.165) is 69.4 Å². The first-order valence-corrected chi connectivity index (χ1v) is 25.9. The first-order chi connectivity index (χ1) is 37.4. The van der Waals surface area contributed by atoms with Crippen molar-refractivity contribution in [1.29, 1.82) is 0 Å². The van der Waals surface area contributed by atoms with E-state index in [2.05, 4.69) is 157 Å². The molecule has 0 atom stereocenters. The van der Waals surface area contributed by atoms with Crippen LogP contribution in [0.1, 0.15) is 75.4 Å². The fraction of sp³-hybridized carbons (Fsp3) is 0.129. The third kappa shape index (κ3) is 11.9. The molecule has 0 saturated heterocycles. The van der Waals surface area contributed by atoms with E-state index in [-0.39, 0.29) is 23.5 Å². The Balaban J connectivity index is 0.000000131. The van der Waals surface area contributed by atoms with Crippen molar-refractivity contribution in [1.82, 2.24) is 28.8 Å². The van der Waals surface area contributed by atoms with Crippen molar-refractivity contribution >= 4 is 78.8 Å². The number of carbonyl (C=O) groups excluding carboxylic acids is 3. The summed E-state index contributed by atoms with van der Waals surface area (Å²) in [5.41, 5.74) is 16.2. The van der Waals surface area contributed by atoms with Crippen LogP contribution >= 0.6 is 11.3 Å². The molecule has 12 aromatic rings. The molecule has 0 aliphatic rings. The Morgan fingerprint density at radius 1 is 0.506 bits per heavy atom. The van der Waals surface area contributed by atoms with Crippen LogP contribution in [0.2, 0.25) is 0 Å². The zero-order valence-corrected chi connectivity index (χ0v) is 44.0. The molecule has 384 valence electrons. The molecule has 3 amide bonds. The zero-order valence-electron chi connectivity index (χ0n) is 43.2. The first-order valence-electron chi connectivity index (χ1n) is 25.0. The molecule has 0 aliphatic heterocycles. The van der Waals surface area contributed by atoms with Crippen molar-refractivity contribution < 1.29 is 23.3 Å². The van der Waals surface area contributed by atoms with Gasteiger partial charge in [0, 0.05) is 54.4 Å². The smallest absolute Gasteiger partial charge is 0.293 e. The number of amides is 3. The molecule has 0 fully saturated rings.